The lowest BCUT2D eigenvalue weighted by Crippen LogP contribution is -2.54. The Morgan fingerprint density at radius 2 is 1.61 bits per heavy atom. The van der Waals surface area contributed by atoms with Crippen LogP contribution in [0.2, 0.25) is 0 Å². The zero-order valence-electron chi connectivity index (χ0n) is 16.7. The van der Waals surface area contributed by atoms with Crippen LogP contribution in [0.25, 0.3) is 0 Å². The molecule has 0 radical (unpaired) electrons. The summed E-state index contributed by atoms with van der Waals surface area (Å²) in [5.74, 6) is -4.42. The molecule has 12 heteroatoms. The number of carboxylic acid groups (broad SMARTS) is 1. The summed E-state index contributed by atoms with van der Waals surface area (Å²) in [6.45, 7) is -1.44. The number of hydrogen-bond acceptors (Lipinski definition) is 7. The van der Waals surface area contributed by atoms with Crippen molar-refractivity contribution in [1.29, 1.82) is 0 Å². The number of primary amides is 1. The molecular weight excluding hydrogens is 410 g/mol. The first-order valence-corrected chi connectivity index (χ1v) is 9.43. The number of carbonyl (C=O) groups excluding carboxylic acids is 4. The van der Waals surface area contributed by atoms with Gasteiger partial charge in [-0.05, 0) is 18.4 Å². The minimum Gasteiger partial charge on any atom is -0.480 e. The second kappa shape index (κ2) is 12.9. The molecule has 12 nitrogen and oxygen atoms in total. The maximum atomic E-state index is 12.4. The molecule has 3 atom stereocenters. The summed E-state index contributed by atoms with van der Waals surface area (Å²) in [6.07, 6.45) is -0.109. The standard InChI is InChI=1S/C19H27N5O7/c20-12(8-11-4-2-1-3-5-11)17(28)24-13(6-7-15(21)26)18(29)22-9-16(27)23-14(10-25)19(30)31/h1-5,12-14,25H,6-10,20H2,(H2,21,26)(H,22,29)(H,23,27)(H,24,28)(H,30,31). The molecule has 0 spiro atoms. The maximum absolute atomic E-state index is 12.4. The minimum absolute atomic E-state index is 0.124. The molecule has 3 unspecified atom stereocenters. The number of carboxylic acids is 1. The van der Waals surface area contributed by atoms with Gasteiger partial charge in [-0.2, -0.15) is 0 Å². The predicted octanol–water partition coefficient (Wildman–Crippen LogP) is -3.02. The van der Waals surface area contributed by atoms with Crippen LogP contribution in [0, 0.1) is 0 Å². The van der Waals surface area contributed by atoms with E-state index in [4.69, 9.17) is 21.7 Å². The second-order valence-electron chi connectivity index (χ2n) is 6.72. The van der Waals surface area contributed by atoms with Crippen molar-refractivity contribution in [3.05, 3.63) is 35.9 Å². The number of aliphatic carboxylic acids is 1. The number of benzene rings is 1. The van der Waals surface area contributed by atoms with E-state index in [1.54, 1.807) is 24.3 Å². The summed E-state index contributed by atoms with van der Waals surface area (Å²) >= 11 is 0. The molecule has 0 fully saturated rings. The molecule has 0 aromatic heterocycles. The Kier molecular flexibility index (Phi) is 10.6. The summed E-state index contributed by atoms with van der Waals surface area (Å²) in [6, 6.07) is 5.30. The van der Waals surface area contributed by atoms with Gasteiger partial charge in [0.1, 0.15) is 12.1 Å². The first-order chi connectivity index (χ1) is 14.6. The lowest BCUT2D eigenvalue weighted by Gasteiger charge is -2.20. The smallest absolute Gasteiger partial charge is 0.328 e. The zero-order valence-corrected chi connectivity index (χ0v) is 16.7. The van der Waals surface area contributed by atoms with Crippen LogP contribution >= 0.6 is 0 Å². The van der Waals surface area contributed by atoms with Crippen molar-refractivity contribution in [1.82, 2.24) is 16.0 Å². The summed E-state index contributed by atoms with van der Waals surface area (Å²) in [5.41, 5.74) is 11.8. The third-order valence-electron chi connectivity index (χ3n) is 4.19. The van der Waals surface area contributed by atoms with E-state index in [1.165, 1.54) is 0 Å². The van der Waals surface area contributed by atoms with Crippen LogP contribution in [0.3, 0.4) is 0 Å². The highest BCUT2D eigenvalue weighted by Crippen LogP contribution is 2.04. The lowest BCUT2D eigenvalue weighted by molar-refractivity contribution is -0.142. The monoisotopic (exact) mass is 437 g/mol. The van der Waals surface area contributed by atoms with Gasteiger partial charge in [-0.15, -0.1) is 0 Å². The lowest BCUT2D eigenvalue weighted by atomic mass is 10.0. The Bertz CT molecular complexity index is 787. The molecule has 0 bridgehead atoms. The Balaban J connectivity index is 2.68. The van der Waals surface area contributed by atoms with Gasteiger partial charge in [0, 0.05) is 6.42 Å². The fourth-order valence-corrected chi connectivity index (χ4v) is 2.52. The van der Waals surface area contributed by atoms with Gasteiger partial charge in [0.25, 0.3) is 0 Å². The maximum Gasteiger partial charge on any atom is 0.328 e. The van der Waals surface area contributed by atoms with Crippen LogP contribution in [0.5, 0.6) is 0 Å². The van der Waals surface area contributed by atoms with Crippen molar-refractivity contribution in [2.24, 2.45) is 11.5 Å². The Labute approximate surface area is 178 Å². The van der Waals surface area contributed by atoms with Crippen molar-refractivity contribution in [2.75, 3.05) is 13.2 Å². The summed E-state index contributed by atoms with van der Waals surface area (Å²) in [4.78, 5) is 58.5. The van der Waals surface area contributed by atoms with Gasteiger partial charge in [0.2, 0.25) is 23.6 Å². The first kappa shape index (κ1) is 25.5. The molecule has 31 heavy (non-hydrogen) atoms. The van der Waals surface area contributed by atoms with Crippen molar-refractivity contribution >= 4 is 29.6 Å². The van der Waals surface area contributed by atoms with Gasteiger partial charge in [0.15, 0.2) is 0 Å². The van der Waals surface area contributed by atoms with Crippen molar-refractivity contribution in [3.8, 4) is 0 Å². The van der Waals surface area contributed by atoms with E-state index < -0.39 is 60.9 Å². The average molecular weight is 437 g/mol. The number of hydrogen-bond donors (Lipinski definition) is 7. The van der Waals surface area contributed by atoms with E-state index in [1.807, 2.05) is 11.4 Å². The van der Waals surface area contributed by atoms with Gasteiger partial charge in [0.05, 0.1) is 19.2 Å². The summed E-state index contributed by atoms with van der Waals surface area (Å²) < 4.78 is 0. The van der Waals surface area contributed by atoms with Crippen LogP contribution in [0.4, 0.5) is 0 Å². The van der Waals surface area contributed by atoms with Crippen LogP contribution in [-0.4, -0.2) is 71.1 Å². The molecule has 170 valence electrons. The molecule has 0 aliphatic rings. The fourth-order valence-electron chi connectivity index (χ4n) is 2.52. The van der Waals surface area contributed by atoms with Crippen LogP contribution < -0.4 is 27.4 Å². The SMILES string of the molecule is NC(=O)CCC(NC(=O)C(N)Cc1ccccc1)C(=O)NCC(=O)NC(CO)C(=O)O. The normalized spacial score (nSPS) is 13.4. The van der Waals surface area contributed by atoms with E-state index in [2.05, 4.69) is 10.6 Å². The number of carbonyl (C=O) groups is 5. The molecule has 1 aromatic carbocycles. The van der Waals surface area contributed by atoms with E-state index in [0.29, 0.717) is 0 Å². The first-order valence-electron chi connectivity index (χ1n) is 9.43. The summed E-state index contributed by atoms with van der Waals surface area (Å²) in [7, 11) is 0. The number of rotatable bonds is 13. The molecule has 0 aliphatic heterocycles. The molecule has 0 saturated heterocycles. The molecule has 1 aromatic rings. The fraction of sp³-hybridized carbons (Fsp3) is 0.421. The van der Waals surface area contributed by atoms with Gasteiger partial charge < -0.3 is 37.6 Å². The molecular formula is C19H27N5O7. The van der Waals surface area contributed by atoms with Crippen molar-refractivity contribution in [2.45, 2.75) is 37.4 Å². The molecule has 4 amide bonds. The summed E-state index contributed by atoms with van der Waals surface area (Å²) in [5, 5.41) is 24.4. The van der Waals surface area contributed by atoms with Crippen molar-refractivity contribution < 1.29 is 34.2 Å². The third kappa shape index (κ3) is 9.69. The second-order valence-corrected chi connectivity index (χ2v) is 6.72. The van der Waals surface area contributed by atoms with E-state index in [0.717, 1.165) is 5.56 Å². The number of aliphatic hydroxyl groups is 1. The molecule has 9 N–H and O–H groups in total. The number of nitrogens with two attached hydrogens (primary N) is 2. The van der Waals surface area contributed by atoms with Gasteiger partial charge in [-0.25, -0.2) is 4.79 Å². The minimum atomic E-state index is -1.52. The molecule has 0 saturated carbocycles. The molecule has 1 rings (SSSR count). The largest absolute Gasteiger partial charge is 0.480 e. The highest BCUT2D eigenvalue weighted by atomic mass is 16.4. The Morgan fingerprint density at radius 1 is 0.968 bits per heavy atom. The molecule has 0 heterocycles. The third-order valence-corrected chi connectivity index (χ3v) is 4.19. The average Bonchev–Trinajstić information content (AvgIpc) is 2.73. The van der Waals surface area contributed by atoms with Crippen LogP contribution in [-0.2, 0) is 30.4 Å². The van der Waals surface area contributed by atoms with Gasteiger partial charge >= 0.3 is 5.97 Å². The number of aliphatic hydroxyl groups excluding tert-OH is 1. The van der Waals surface area contributed by atoms with Crippen LogP contribution in [0.15, 0.2) is 30.3 Å². The van der Waals surface area contributed by atoms with E-state index in [9.17, 15) is 24.0 Å². The van der Waals surface area contributed by atoms with Crippen LogP contribution in [0.1, 0.15) is 18.4 Å². The Morgan fingerprint density at radius 3 is 2.16 bits per heavy atom. The van der Waals surface area contributed by atoms with E-state index in [-0.39, 0.29) is 19.3 Å². The highest BCUT2D eigenvalue weighted by molar-refractivity contribution is 5.93. The number of amides is 4. The topological polar surface area (TPSA) is 214 Å². The number of nitrogens with one attached hydrogen (secondary N) is 3. The van der Waals surface area contributed by atoms with Gasteiger partial charge in [-0.1, -0.05) is 30.3 Å². The van der Waals surface area contributed by atoms with E-state index >= 15 is 0 Å². The molecule has 0 aliphatic carbocycles. The Hall–Kier alpha value is -3.51. The predicted molar refractivity (Wildman–Crippen MR) is 108 cm³/mol. The highest BCUT2D eigenvalue weighted by Gasteiger charge is 2.25. The van der Waals surface area contributed by atoms with Gasteiger partial charge in [-0.3, -0.25) is 19.2 Å². The zero-order chi connectivity index (χ0) is 23.4. The quantitative estimate of drug-likeness (QED) is 0.168. The van der Waals surface area contributed by atoms with Crippen molar-refractivity contribution in [3.63, 3.8) is 0 Å².